The molecule has 0 unspecified atom stereocenters. The fourth-order valence-corrected chi connectivity index (χ4v) is 4.47. The Morgan fingerprint density at radius 3 is 2.14 bits per heavy atom. The van der Waals surface area contributed by atoms with E-state index in [1.807, 2.05) is 24.3 Å². The number of ether oxygens (including phenoxy) is 2. The SMILES string of the molecule is OC1(c2ccc(Cl)cc2)CCN(CCCC2(c3ccc(F)cc3)OCCO2)CC1. The zero-order valence-electron chi connectivity index (χ0n) is 16.4. The molecular formula is C23H27ClFNO3. The Balaban J connectivity index is 1.31. The second kappa shape index (κ2) is 8.70. The molecule has 2 heterocycles. The Bertz CT molecular complexity index is 798. The van der Waals surface area contributed by atoms with Crippen molar-refractivity contribution in [1.29, 1.82) is 0 Å². The number of rotatable bonds is 6. The third kappa shape index (κ3) is 4.65. The van der Waals surface area contributed by atoms with Gasteiger partial charge in [0.25, 0.3) is 0 Å². The first-order valence-electron chi connectivity index (χ1n) is 10.2. The molecule has 2 saturated heterocycles. The molecule has 4 nitrogen and oxygen atoms in total. The van der Waals surface area contributed by atoms with E-state index >= 15 is 0 Å². The van der Waals surface area contributed by atoms with Gasteiger partial charge in [-0.05, 0) is 55.6 Å². The van der Waals surface area contributed by atoms with Crippen LogP contribution in [0.25, 0.3) is 0 Å². The lowest BCUT2D eigenvalue weighted by Crippen LogP contribution is -2.43. The first-order valence-corrected chi connectivity index (χ1v) is 10.6. The van der Waals surface area contributed by atoms with E-state index in [0.717, 1.165) is 43.6 Å². The lowest BCUT2D eigenvalue weighted by Gasteiger charge is -2.39. The molecule has 0 saturated carbocycles. The van der Waals surface area contributed by atoms with Crippen LogP contribution in [0.3, 0.4) is 0 Å². The molecule has 156 valence electrons. The highest BCUT2D eigenvalue weighted by Crippen LogP contribution is 2.37. The number of likely N-dealkylation sites (tertiary alicyclic amines) is 1. The summed E-state index contributed by atoms with van der Waals surface area (Å²) in [5.41, 5.74) is 1.02. The molecule has 29 heavy (non-hydrogen) atoms. The Hall–Kier alpha value is -1.50. The maximum atomic E-state index is 13.3. The monoisotopic (exact) mass is 419 g/mol. The maximum Gasteiger partial charge on any atom is 0.195 e. The molecule has 2 aromatic carbocycles. The van der Waals surface area contributed by atoms with Crippen LogP contribution in [0.15, 0.2) is 48.5 Å². The van der Waals surface area contributed by atoms with Crippen LogP contribution >= 0.6 is 11.6 Å². The highest BCUT2D eigenvalue weighted by molar-refractivity contribution is 6.30. The summed E-state index contributed by atoms with van der Waals surface area (Å²) < 4.78 is 25.2. The van der Waals surface area contributed by atoms with Crippen LogP contribution in [0.2, 0.25) is 5.02 Å². The molecule has 4 rings (SSSR count). The van der Waals surface area contributed by atoms with Crippen molar-refractivity contribution in [1.82, 2.24) is 4.90 Å². The molecule has 0 atom stereocenters. The van der Waals surface area contributed by atoms with Crippen molar-refractivity contribution in [2.24, 2.45) is 0 Å². The smallest absolute Gasteiger partial charge is 0.195 e. The summed E-state index contributed by atoms with van der Waals surface area (Å²) in [6.07, 6.45) is 3.02. The van der Waals surface area contributed by atoms with Crippen molar-refractivity contribution >= 4 is 11.6 Å². The first kappa shape index (κ1) is 20.8. The van der Waals surface area contributed by atoms with Crippen molar-refractivity contribution in [3.05, 3.63) is 70.5 Å². The number of halogens is 2. The van der Waals surface area contributed by atoms with E-state index < -0.39 is 11.4 Å². The Labute approximate surface area is 176 Å². The van der Waals surface area contributed by atoms with Gasteiger partial charge in [-0.3, -0.25) is 0 Å². The lowest BCUT2D eigenvalue weighted by atomic mass is 9.84. The summed E-state index contributed by atoms with van der Waals surface area (Å²) in [6, 6.07) is 13.9. The van der Waals surface area contributed by atoms with E-state index in [1.165, 1.54) is 12.1 Å². The Morgan fingerprint density at radius 2 is 1.52 bits per heavy atom. The number of benzene rings is 2. The molecule has 2 aliphatic rings. The van der Waals surface area contributed by atoms with Gasteiger partial charge in [0.15, 0.2) is 5.79 Å². The number of piperidine rings is 1. The molecule has 0 aliphatic carbocycles. The summed E-state index contributed by atoms with van der Waals surface area (Å²) >= 11 is 5.96. The van der Waals surface area contributed by atoms with Gasteiger partial charge in [-0.1, -0.05) is 35.9 Å². The Kier molecular flexibility index (Phi) is 6.23. The lowest BCUT2D eigenvalue weighted by molar-refractivity contribution is -0.172. The van der Waals surface area contributed by atoms with Crippen LogP contribution < -0.4 is 0 Å². The van der Waals surface area contributed by atoms with Gasteiger partial charge >= 0.3 is 0 Å². The maximum absolute atomic E-state index is 13.3. The number of hydrogen-bond acceptors (Lipinski definition) is 4. The second-order valence-electron chi connectivity index (χ2n) is 7.94. The molecule has 0 spiro atoms. The fourth-order valence-electron chi connectivity index (χ4n) is 4.34. The molecule has 0 radical (unpaired) electrons. The average molecular weight is 420 g/mol. The minimum absolute atomic E-state index is 0.261. The van der Waals surface area contributed by atoms with Crippen molar-refractivity contribution in [3.63, 3.8) is 0 Å². The van der Waals surface area contributed by atoms with Crippen molar-refractivity contribution in [2.45, 2.75) is 37.1 Å². The average Bonchev–Trinajstić information content (AvgIpc) is 3.20. The van der Waals surface area contributed by atoms with Gasteiger partial charge in [0.2, 0.25) is 0 Å². The van der Waals surface area contributed by atoms with Gasteiger partial charge in [-0.25, -0.2) is 4.39 Å². The van der Waals surface area contributed by atoms with E-state index in [9.17, 15) is 9.50 Å². The van der Waals surface area contributed by atoms with Crippen LogP contribution in [0.5, 0.6) is 0 Å². The van der Waals surface area contributed by atoms with E-state index in [0.29, 0.717) is 31.1 Å². The molecule has 2 aromatic rings. The predicted molar refractivity (Wildman–Crippen MR) is 110 cm³/mol. The molecule has 6 heteroatoms. The summed E-state index contributed by atoms with van der Waals surface area (Å²) in [4.78, 5) is 2.37. The third-order valence-corrected chi connectivity index (χ3v) is 6.33. The second-order valence-corrected chi connectivity index (χ2v) is 8.38. The van der Waals surface area contributed by atoms with E-state index in [-0.39, 0.29) is 5.82 Å². The van der Waals surface area contributed by atoms with Gasteiger partial charge in [0, 0.05) is 30.1 Å². The van der Waals surface area contributed by atoms with Crippen LogP contribution in [0.1, 0.15) is 36.8 Å². The highest BCUT2D eigenvalue weighted by atomic mass is 35.5. The fraction of sp³-hybridized carbons (Fsp3) is 0.478. The summed E-state index contributed by atoms with van der Waals surface area (Å²) in [6.45, 7) is 3.69. The Morgan fingerprint density at radius 1 is 0.931 bits per heavy atom. The van der Waals surface area contributed by atoms with Gasteiger partial charge in [0.05, 0.1) is 18.8 Å². The minimum atomic E-state index is -0.784. The summed E-state index contributed by atoms with van der Waals surface area (Å²) in [7, 11) is 0. The van der Waals surface area contributed by atoms with Crippen LogP contribution in [0, 0.1) is 5.82 Å². The van der Waals surface area contributed by atoms with Crippen LogP contribution in [-0.2, 0) is 20.9 Å². The molecule has 1 N–H and O–H groups in total. The zero-order valence-corrected chi connectivity index (χ0v) is 17.2. The van der Waals surface area contributed by atoms with Crippen LogP contribution in [0.4, 0.5) is 4.39 Å². The molecule has 0 aromatic heterocycles. The molecule has 2 fully saturated rings. The highest BCUT2D eigenvalue weighted by Gasteiger charge is 2.39. The number of nitrogens with zero attached hydrogens (tertiary/aromatic N) is 1. The normalized spacial score (nSPS) is 21.3. The van der Waals surface area contributed by atoms with Gasteiger partial charge in [-0.15, -0.1) is 0 Å². The predicted octanol–water partition coefficient (Wildman–Crippen LogP) is 4.44. The zero-order chi connectivity index (χ0) is 20.3. The van der Waals surface area contributed by atoms with Crippen molar-refractivity contribution in [3.8, 4) is 0 Å². The van der Waals surface area contributed by atoms with Gasteiger partial charge < -0.3 is 19.5 Å². The van der Waals surface area contributed by atoms with E-state index in [4.69, 9.17) is 21.1 Å². The minimum Gasteiger partial charge on any atom is -0.385 e. The summed E-state index contributed by atoms with van der Waals surface area (Å²) in [5, 5.41) is 11.7. The molecule has 0 amide bonds. The van der Waals surface area contributed by atoms with Gasteiger partial charge in [0.1, 0.15) is 5.82 Å². The third-order valence-electron chi connectivity index (χ3n) is 6.08. The van der Waals surface area contributed by atoms with E-state index in [2.05, 4.69) is 4.90 Å². The topological polar surface area (TPSA) is 41.9 Å². The van der Waals surface area contributed by atoms with Crippen molar-refractivity contribution in [2.75, 3.05) is 32.8 Å². The quantitative estimate of drug-likeness (QED) is 0.751. The first-order chi connectivity index (χ1) is 14.0. The molecular weight excluding hydrogens is 393 g/mol. The largest absolute Gasteiger partial charge is 0.385 e. The standard InChI is InChI=1S/C23H27ClFNO3/c24-20-6-2-18(3-7-20)22(27)11-14-26(15-12-22)13-1-10-23(28-16-17-29-23)19-4-8-21(25)9-5-19/h2-9,27H,1,10-17H2. The number of aliphatic hydroxyl groups is 1. The van der Waals surface area contributed by atoms with Crippen LogP contribution in [-0.4, -0.2) is 42.9 Å². The van der Waals surface area contributed by atoms with E-state index in [1.54, 1.807) is 12.1 Å². The number of hydrogen-bond donors (Lipinski definition) is 1. The van der Waals surface area contributed by atoms with Crippen molar-refractivity contribution < 1.29 is 19.0 Å². The molecule has 0 bridgehead atoms. The summed E-state index contributed by atoms with van der Waals surface area (Å²) in [5.74, 6) is -1.03. The van der Waals surface area contributed by atoms with Gasteiger partial charge in [-0.2, -0.15) is 0 Å². The molecule has 2 aliphatic heterocycles.